The van der Waals surface area contributed by atoms with Gasteiger partial charge in [0.2, 0.25) is 0 Å². The van der Waals surface area contributed by atoms with E-state index in [0.717, 1.165) is 53.0 Å². The number of ether oxygens (including phenoxy) is 2. The van der Waals surface area contributed by atoms with Gasteiger partial charge in [-0.25, -0.2) is 4.98 Å². The van der Waals surface area contributed by atoms with Crippen LogP contribution in [0.5, 0.6) is 5.75 Å². The zero-order valence-electron chi connectivity index (χ0n) is 16.3. The highest BCUT2D eigenvalue weighted by Gasteiger charge is 2.14. The van der Waals surface area contributed by atoms with E-state index in [4.69, 9.17) is 9.47 Å². The van der Waals surface area contributed by atoms with Gasteiger partial charge in [-0.05, 0) is 29.7 Å². The molecule has 1 saturated heterocycles. The Morgan fingerprint density at radius 1 is 1.10 bits per heavy atom. The number of thiazole rings is 1. The van der Waals surface area contributed by atoms with Crippen LogP contribution in [0.1, 0.15) is 0 Å². The fraction of sp³-hybridized carbons (Fsp3) is 0.217. The van der Waals surface area contributed by atoms with E-state index >= 15 is 0 Å². The number of amides is 1. The minimum absolute atomic E-state index is 0.0665. The standard InChI is InChI=1S/C23H21N3O3S/c27-22(15-29-20-7-3-5-16-4-1-2-6-18(16)20)25-23-24-19-9-8-17(14-21(19)30-23)26-10-12-28-13-11-26/h1-9,14H,10-13,15H2,(H,24,25,27). The number of nitrogens with one attached hydrogen (secondary N) is 1. The minimum Gasteiger partial charge on any atom is -0.483 e. The van der Waals surface area contributed by atoms with Gasteiger partial charge in [-0.3, -0.25) is 10.1 Å². The molecule has 0 saturated carbocycles. The Hall–Kier alpha value is -3.16. The maximum absolute atomic E-state index is 12.4. The Labute approximate surface area is 178 Å². The number of hydrogen-bond acceptors (Lipinski definition) is 6. The summed E-state index contributed by atoms with van der Waals surface area (Å²) in [6.45, 7) is 3.21. The molecule has 0 spiro atoms. The Morgan fingerprint density at radius 2 is 1.93 bits per heavy atom. The van der Waals surface area contributed by atoms with Gasteiger partial charge >= 0.3 is 0 Å². The summed E-state index contributed by atoms with van der Waals surface area (Å²) in [5.41, 5.74) is 2.04. The molecule has 2 heterocycles. The predicted octanol–water partition coefficient (Wildman–Crippen LogP) is 4.30. The first-order valence-corrected chi connectivity index (χ1v) is 10.7. The van der Waals surface area contributed by atoms with E-state index in [1.807, 2.05) is 48.5 Å². The summed E-state index contributed by atoms with van der Waals surface area (Å²) in [7, 11) is 0. The second-order valence-corrected chi connectivity index (χ2v) is 8.12. The lowest BCUT2D eigenvalue weighted by Gasteiger charge is -2.28. The molecule has 6 nitrogen and oxygen atoms in total. The van der Waals surface area contributed by atoms with Crippen molar-refractivity contribution < 1.29 is 14.3 Å². The molecule has 1 aliphatic heterocycles. The van der Waals surface area contributed by atoms with E-state index in [-0.39, 0.29) is 12.5 Å². The molecule has 0 bridgehead atoms. The molecule has 0 aliphatic carbocycles. The van der Waals surface area contributed by atoms with Gasteiger partial charge in [-0.2, -0.15) is 0 Å². The molecule has 1 fully saturated rings. The molecule has 4 aromatic rings. The van der Waals surface area contributed by atoms with E-state index in [9.17, 15) is 4.79 Å². The Kier molecular flexibility index (Phi) is 5.21. The van der Waals surface area contributed by atoms with Crippen molar-refractivity contribution in [2.45, 2.75) is 0 Å². The number of nitrogens with zero attached hydrogens (tertiary/aromatic N) is 2. The smallest absolute Gasteiger partial charge is 0.264 e. The van der Waals surface area contributed by atoms with E-state index in [2.05, 4.69) is 27.3 Å². The zero-order chi connectivity index (χ0) is 20.3. The van der Waals surface area contributed by atoms with Gasteiger partial charge in [0.25, 0.3) is 5.91 Å². The third kappa shape index (κ3) is 3.94. The lowest BCUT2D eigenvalue weighted by Crippen LogP contribution is -2.36. The van der Waals surface area contributed by atoms with E-state index in [1.54, 1.807) is 0 Å². The van der Waals surface area contributed by atoms with Crippen LogP contribution < -0.4 is 15.0 Å². The van der Waals surface area contributed by atoms with Gasteiger partial charge < -0.3 is 14.4 Å². The third-order valence-electron chi connectivity index (χ3n) is 5.10. The Morgan fingerprint density at radius 3 is 2.83 bits per heavy atom. The third-order valence-corrected chi connectivity index (χ3v) is 6.04. The van der Waals surface area contributed by atoms with Crippen LogP contribution in [0.2, 0.25) is 0 Å². The van der Waals surface area contributed by atoms with Crippen LogP contribution in [0, 0.1) is 0 Å². The molecule has 1 N–H and O–H groups in total. The number of aromatic nitrogens is 1. The summed E-state index contributed by atoms with van der Waals surface area (Å²) in [4.78, 5) is 19.3. The monoisotopic (exact) mass is 419 g/mol. The van der Waals surface area contributed by atoms with E-state index in [1.165, 1.54) is 11.3 Å². The molecule has 1 aliphatic rings. The van der Waals surface area contributed by atoms with Crippen LogP contribution in [-0.2, 0) is 9.53 Å². The van der Waals surface area contributed by atoms with Gasteiger partial charge in [0.1, 0.15) is 5.75 Å². The maximum Gasteiger partial charge on any atom is 0.264 e. The molecule has 7 heteroatoms. The molecule has 0 atom stereocenters. The number of benzene rings is 3. The van der Waals surface area contributed by atoms with Crippen LogP contribution in [0.3, 0.4) is 0 Å². The van der Waals surface area contributed by atoms with Crippen LogP contribution in [0.4, 0.5) is 10.8 Å². The molecule has 1 amide bonds. The van der Waals surface area contributed by atoms with Crippen molar-refractivity contribution in [3.63, 3.8) is 0 Å². The number of rotatable bonds is 5. The average molecular weight is 420 g/mol. The van der Waals surface area contributed by atoms with Crippen molar-refractivity contribution in [2.24, 2.45) is 0 Å². The molecule has 3 aromatic carbocycles. The quantitative estimate of drug-likeness (QED) is 0.522. The van der Waals surface area contributed by atoms with Gasteiger partial charge in [-0.1, -0.05) is 47.7 Å². The van der Waals surface area contributed by atoms with Crippen LogP contribution >= 0.6 is 11.3 Å². The number of fused-ring (bicyclic) bond motifs is 2. The molecule has 1 aromatic heterocycles. The zero-order valence-corrected chi connectivity index (χ0v) is 17.2. The SMILES string of the molecule is O=C(COc1cccc2ccccc12)Nc1nc2ccc(N3CCOCC3)cc2s1. The second-order valence-electron chi connectivity index (χ2n) is 7.08. The first-order valence-electron chi connectivity index (χ1n) is 9.90. The fourth-order valence-corrected chi connectivity index (χ4v) is 4.52. The van der Waals surface area contributed by atoms with Crippen molar-refractivity contribution in [3.05, 3.63) is 60.7 Å². The highest BCUT2D eigenvalue weighted by atomic mass is 32.1. The normalized spacial score (nSPS) is 14.2. The van der Waals surface area contributed by atoms with Gasteiger partial charge in [0, 0.05) is 24.2 Å². The second kappa shape index (κ2) is 8.30. The summed E-state index contributed by atoms with van der Waals surface area (Å²) in [5.74, 6) is 0.470. The van der Waals surface area contributed by atoms with Gasteiger partial charge in [-0.15, -0.1) is 0 Å². The highest BCUT2D eigenvalue weighted by Crippen LogP contribution is 2.30. The van der Waals surface area contributed by atoms with Gasteiger partial charge in [0.05, 0.1) is 23.4 Å². The van der Waals surface area contributed by atoms with Crippen LogP contribution in [-0.4, -0.2) is 43.8 Å². The fourth-order valence-electron chi connectivity index (χ4n) is 3.61. The Bertz CT molecular complexity index is 1200. The minimum atomic E-state index is -0.226. The van der Waals surface area contributed by atoms with Crippen LogP contribution in [0.15, 0.2) is 60.7 Å². The first kappa shape index (κ1) is 18.8. The highest BCUT2D eigenvalue weighted by molar-refractivity contribution is 7.22. The van der Waals surface area contributed by atoms with E-state index < -0.39 is 0 Å². The summed E-state index contributed by atoms with van der Waals surface area (Å²) in [6, 6.07) is 20.0. The molecule has 5 rings (SSSR count). The maximum atomic E-state index is 12.4. The molecule has 0 radical (unpaired) electrons. The number of hydrogen-bond donors (Lipinski definition) is 1. The van der Waals surface area contributed by atoms with Gasteiger partial charge in [0.15, 0.2) is 11.7 Å². The van der Waals surface area contributed by atoms with Crippen molar-refractivity contribution >= 4 is 49.1 Å². The Balaban J connectivity index is 1.26. The summed E-state index contributed by atoms with van der Waals surface area (Å²) >= 11 is 1.47. The molecular formula is C23H21N3O3S. The van der Waals surface area contributed by atoms with Crippen molar-refractivity contribution in [3.8, 4) is 5.75 Å². The number of morpholine rings is 1. The first-order chi connectivity index (χ1) is 14.8. The van der Waals surface area contributed by atoms with E-state index in [0.29, 0.717) is 10.9 Å². The number of carbonyl (C=O) groups excluding carboxylic acids is 1. The lowest BCUT2D eigenvalue weighted by atomic mass is 10.1. The van der Waals surface area contributed by atoms with Crippen molar-refractivity contribution in [1.29, 1.82) is 0 Å². The molecule has 30 heavy (non-hydrogen) atoms. The predicted molar refractivity (Wildman–Crippen MR) is 121 cm³/mol. The molecule has 0 unspecified atom stereocenters. The van der Waals surface area contributed by atoms with Crippen molar-refractivity contribution in [1.82, 2.24) is 4.98 Å². The number of anilines is 2. The van der Waals surface area contributed by atoms with Crippen molar-refractivity contribution in [2.75, 3.05) is 43.1 Å². The number of carbonyl (C=O) groups is 1. The summed E-state index contributed by atoms with van der Waals surface area (Å²) in [6.07, 6.45) is 0. The molecular weight excluding hydrogens is 398 g/mol. The van der Waals surface area contributed by atoms with Crippen LogP contribution in [0.25, 0.3) is 21.0 Å². The average Bonchev–Trinajstić information content (AvgIpc) is 3.19. The summed E-state index contributed by atoms with van der Waals surface area (Å²) < 4.78 is 12.2. The lowest BCUT2D eigenvalue weighted by molar-refractivity contribution is -0.118. The topological polar surface area (TPSA) is 63.7 Å². The largest absolute Gasteiger partial charge is 0.483 e. The summed E-state index contributed by atoms with van der Waals surface area (Å²) in [5, 5.41) is 5.51. The molecule has 152 valence electrons.